The number of aromatic nitrogens is 2. The number of halogens is 1. The molecule has 0 aliphatic carbocycles. The second-order valence-electron chi connectivity index (χ2n) is 4.49. The molecule has 0 saturated heterocycles. The Balaban J connectivity index is 1.94. The number of rotatable bonds is 1. The van der Waals surface area contributed by atoms with Gasteiger partial charge >= 0.3 is 0 Å². The topological polar surface area (TPSA) is 29.0 Å². The van der Waals surface area contributed by atoms with Gasteiger partial charge in [-0.2, -0.15) is 0 Å². The van der Waals surface area contributed by atoms with Crippen molar-refractivity contribution in [3.8, 4) is 0 Å². The number of anilines is 1. The molecule has 3 nitrogen and oxygen atoms in total. The smallest absolute Gasteiger partial charge is 0.146 e. The molecule has 1 aromatic carbocycles. The first-order valence-corrected chi connectivity index (χ1v) is 6.91. The fourth-order valence-corrected chi connectivity index (χ4v) is 2.89. The van der Waals surface area contributed by atoms with Gasteiger partial charge in [0.25, 0.3) is 0 Å². The first kappa shape index (κ1) is 11.7. The van der Waals surface area contributed by atoms with Crippen molar-refractivity contribution in [3.63, 3.8) is 0 Å². The first-order valence-electron chi connectivity index (χ1n) is 6.12. The second-order valence-corrected chi connectivity index (χ2v) is 5.34. The Kier molecular flexibility index (Phi) is 3.28. The minimum absolute atomic E-state index is 0.922. The van der Waals surface area contributed by atoms with Crippen molar-refractivity contribution in [3.05, 3.63) is 52.4 Å². The van der Waals surface area contributed by atoms with Gasteiger partial charge in [-0.3, -0.25) is 0 Å². The standard InChI is InChI=1S/C14H14BrN3/c15-13-8-16-10-17-14(13)18-7-3-6-11-4-1-2-5-12(11)9-18/h1-2,4-5,8,10H,3,6-7,9H2. The summed E-state index contributed by atoms with van der Waals surface area (Å²) in [5, 5.41) is 0. The first-order chi connectivity index (χ1) is 8.84. The quantitative estimate of drug-likeness (QED) is 0.810. The van der Waals surface area contributed by atoms with Crippen molar-refractivity contribution in [1.29, 1.82) is 0 Å². The van der Waals surface area contributed by atoms with Gasteiger partial charge in [-0.15, -0.1) is 0 Å². The zero-order valence-electron chi connectivity index (χ0n) is 10.0. The summed E-state index contributed by atoms with van der Waals surface area (Å²) in [7, 11) is 0. The zero-order chi connectivity index (χ0) is 12.4. The summed E-state index contributed by atoms with van der Waals surface area (Å²) in [6.07, 6.45) is 5.72. The molecule has 0 N–H and O–H groups in total. The highest BCUT2D eigenvalue weighted by molar-refractivity contribution is 9.10. The number of benzene rings is 1. The normalized spacial score (nSPS) is 15.1. The summed E-state index contributed by atoms with van der Waals surface area (Å²) in [4.78, 5) is 10.7. The van der Waals surface area contributed by atoms with Crippen LogP contribution in [0.1, 0.15) is 17.5 Å². The maximum atomic E-state index is 4.38. The summed E-state index contributed by atoms with van der Waals surface area (Å²) >= 11 is 3.53. The largest absolute Gasteiger partial charge is 0.351 e. The molecule has 0 amide bonds. The van der Waals surface area contributed by atoms with Crippen molar-refractivity contribution in [1.82, 2.24) is 9.97 Å². The molecule has 1 aromatic heterocycles. The molecule has 4 heteroatoms. The molecule has 2 aromatic rings. The van der Waals surface area contributed by atoms with Gasteiger partial charge in [-0.05, 0) is 39.9 Å². The Morgan fingerprint density at radius 1 is 1.17 bits per heavy atom. The van der Waals surface area contributed by atoms with Crippen LogP contribution in [0.15, 0.2) is 41.3 Å². The maximum absolute atomic E-state index is 4.38. The van der Waals surface area contributed by atoms with Gasteiger partial charge in [0, 0.05) is 19.3 Å². The molecule has 92 valence electrons. The van der Waals surface area contributed by atoms with Crippen LogP contribution in [0.5, 0.6) is 0 Å². The van der Waals surface area contributed by atoms with Crippen molar-refractivity contribution in [2.75, 3.05) is 11.4 Å². The van der Waals surface area contributed by atoms with Crippen LogP contribution in [0.4, 0.5) is 5.82 Å². The molecule has 0 atom stereocenters. The third kappa shape index (κ3) is 2.25. The Morgan fingerprint density at radius 3 is 2.83 bits per heavy atom. The van der Waals surface area contributed by atoms with Gasteiger partial charge in [0.1, 0.15) is 12.1 Å². The third-order valence-corrected chi connectivity index (χ3v) is 3.86. The average Bonchev–Trinajstić information content (AvgIpc) is 2.61. The Labute approximate surface area is 115 Å². The van der Waals surface area contributed by atoms with Gasteiger partial charge in [-0.25, -0.2) is 9.97 Å². The predicted octanol–water partition coefficient (Wildman–Crippen LogP) is 3.19. The van der Waals surface area contributed by atoms with Crippen LogP contribution in [-0.2, 0) is 13.0 Å². The number of hydrogen-bond donors (Lipinski definition) is 0. The highest BCUT2D eigenvalue weighted by Crippen LogP contribution is 2.27. The monoisotopic (exact) mass is 303 g/mol. The summed E-state index contributed by atoms with van der Waals surface area (Å²) in [5.41, 5.74) is 2.87. The molecule has 0 bridgehead atoms. The predicted molar refractivity (Wildman–Crippen MR) is 75.5 cm³/mol. The van der Waals surface area contributed by atoms with Gasteiger partial charge < -0.3 is 4.90 Å². The van der Waals surface area contributed by atoms with Crippen LogP contribution < -0.4 is 4.90 Å². The molecule has 1 aliphatic rings. The fourth-order valence-electron chi connectivity index (χ4n) is 2.42. The summed E-state index contributed by atoms with van der Waals surface area (Å²) in [5.74, 6) is 0.988. The second kappa shape index (κ2) is 5.06. The van der Waals surface area contributed by atoms with E-state index in [0.717, 1.165) is 36.2 Å². The Morgan fingerprint density at radius 2 is 2.00 bits per heavy atom. The van der Waals surface area contributed by atoms with Crippen molar-refractivity contribution < 1.29 is 0 Å². The molecule has 0 radical (unpaired) electrons. The highest BCUT2D eigenvalue weighted by atomic mass is 79.9. The van der Waals surface area contributed by atoms with E-state index in [1.807, 2.05) is 0 Å². The van der Waals surface area contributed by atoms with Gasteiger partial charge in [-0.1, -0.05) is 24.3 Å². The molecular weight excluding hydrogens is 290 g/mol. The molecule has 0 unspecified atom stereocenters. The fraction of sp³-hybridized carbons (Fsp3) is 0.286. The van der Waals surface area contributed by atoms with E-state index in [2.05, 4.69) is 55.1 Å². The lowest BCUT2D eigenvalue weighted by atomic mass is 10.0. The summed E-state index contributed by atoms with van der Waals surface area (Å²) in [6.45, 7) is 1.95. The van der Waals surface area contributed by atoms with Crippen molar-refractivity contribution >= 4 is 21.7 Å². The molecule has 0 saturated carbocycles. The lowest BCUT2D eigenvalue weighted by Crippen LogP contribution is -2.24. The molecule has 2 heterocycles. The molecule has 1 aliphatic heterocycles. The maximum Gasteiger partial charge on any atom is 0.146 e. The number of fused-ring (bicyclic) bond motifs is 1. The molecule has 0 spiro atoms. The lowest BCUT2D eigenvalue weighted by Gasteiger charge is -2.22. The van der Waals surface area contributed by atoms with Crippen LogP contribution in [0.2, 0.25) is 0 Å². The van der Waals surface area contributed by atoms with Crippen LogP contribution in [0, 0.1) is 0 Å². The Bertz CT molecular complexity index is 556. The summed E-state index contributed by atoms with van der Waals surface area (Å²) in [6, 6.07) is 8.67. The van der Waals surface area contributed by atoms with E-state index >= 15 is 0 Å². The van der Waals surface area contributed by atoms with E-state index in [4.69, 9.17) is 0 Å². The van der Waals surface area contributed by atoms with Crippen LogP contribution >= 0.6 is 15.9 Å². The van der Waals surface area contributed by atoms with E-state index in [1.165, 1.54) is 11.1 Å². The molecule has 0 fully saturated rings. The lowest BCUT2D eigenvalue weighted by molar-refractivity contribution is 0.750. The zero-order valence-corrected chi connectivity index (χ0v) is 11.6. The Hall–Kier alpha value is -1.42. The van der Waals surface area contributed by atoms with Gasteiger partial charge in [0.05, 0.1) is 4.47 Å². The van der Waals surface area contributed by atoms with Gasteiger partial charge in [0.15, 0.2) is 0 Å². The van der Waals surface area contributed by atoms with E-state index < -0.39 is 0 Å². The van der Waals surface area contributed by atoms with E-state index in [1.54, 1.807) is 12.5 Å². The van der Waals surface area contributed by atoms with Crippen LogP contribution in [-0.4, -0.2) is 16.5 Å². The van der Waals surface area contributed by atoms with E-state index in [9.17, 15) is 0 Å². The number of aryl methyl sites for hydroxylation is 1. The van der Waals surface area contributed by atoms with E-state index in [0.29, 0.717) is 0 Å². The molecule has 3 rings (SSSR count). The van der Waals surface area contributed by atoms with E-state index in [-0.39, 0.29) is 0 Å². The number of nitrogens with zero attached hydrogens (tertiary/aromatic N) is 3. The van der Waals surface area contributed by atoms with Crippen molar-refractivity contribution in [2.45, 2.75) is 19.4 Å². The molecule has 18 heavy (non-hydrogen) atoms. The minimum Gasteiger partial charge on any atom is -0.351 e. The third-order valence-electron chi connectivity index (χ3n) is 3.30. The average molecular weight is 304 g/mol. The SMILES string of the molecule is Brc1cncnc1N1CCCc2ccccc2C1. The van der Waals surface area contributed by atoms with Crippen LogP contribution in [0.25, 0.3) is 0 Å². The summed E-state index contributed by atoms with van der Waals surface area (Å²) < 4.78 is 0.962. The minimum atomic E-state index is 0.922. The molecular formula is C14H14BrN3. The van der Waals surface area contributed by atoms with Crippen LogP contribution in [0.3, 0.4) is 0 Å². The number of hydrogen-bond acceptors (Lipinski definition) is 3. The van der Waals surface area contributed by atoms with Gasteiger partial charge in [0.2, 0.25) is 0 Å². The van der Waals surface area contributed by atoms with Crippen molar-refractivity contribution in [2.24, 2.45) is 0 Å². The highest BCUT2D eigenvalue weighted by Gasteiger charge is 2.17.